The summed E-state index contributed by atoms with van der Waals surface area (Å²) in [6.07, 6.45) is 0. The van der Waals surface area contributed by atoms with E-state index >= 15 is 0 Å². The molecule has 0 radical (unpaired) electrons. The lowest BCUT2D eigenvalue weighted by Crippen LogP contribution is -2.33. The first-order valence-electron chi connectivity index (χ1n) is 6.25. The third-order valence-corrected chi connectivity index (χ3v) is 7.44. The van der Waals surface area contributed by atoms with Gasteiger partial charge in [-0.05, 0) is 37.1 Å². The largest absolute Gasteiger partial charge is 0.240 e. The number of hydrogen-bond acceptors (Lipinski definition) is 4. The molecule has 6 heteroatoms. The predicted molar refractivity (Wildman–Crippen MR) is 84.7 cm³/mol. The van der Waals surface area contributed by atoms with Crippen LogP contribution < -0.4 is 4.72 Å². The number of nitrogens with one attached hydrogen (secondary N) is 1. The fourth-order valence-corrected chi connectivity index (χ4v) is 5.71. The van der Waals surface area contributed by atoms with Crippen LogP contribution in [0.4, 0.5) is 0 Å². The Morgan fingerprint density at radius 1 is 1.26 bits per heavy atom. The second-order valence-electron chi connectivity index (χ2n) is 4.67. The van der Waals surface area contributed by atoms with Gasteiger partial charge in [-0.15, -0.1) is 0 Å². The molecule has 1 aromatic carbocycles. The Kier molecular flexibility index (Phi) is 5.22. The number of aryl methyl sites for hydroxylation is 2. The summed E-state index contributed by atoms with van der Waals surface area (Å²) < 4.78 is 27.2. The molecule has 0 bridgehead atoms. The molecule has 0 amide bonds. The van der Waals surface area contributed by atoms with Gasteiger partial charge in [0.15, 0.2) is 0 Å². The van der Waals surface area contributed by atoms with Gasteiger partial charge in [0.05, 0.1) is 4.90 Å². The van der Waals surface area contributed by atoms with Gasteiger partial charge in [0, 0.05) is 29.1 Å². The summed E-state index contributed by atoms with van der Waals surface area (Å²) in [5.74, 6) is 3.31. The zero-order valence-corrected chi connectivity index (χ0v) is 13.6. The molecule has 0 spiro atoms. The maximum absolute atomic E-state index is 12.2. The number of benzene rings is 1. The van der Waals surface area contributed by atoms with Gasteiger partial charge in [0.1, 0.15) is 0 Å². The Balaban J connectivity index is 2.02. The molecule has 19 heavy (non-hydrogen) atoms. The molecular formula is C13H19NO2S3. The normalized spacial score (nSPS) is 20.4. The van der Waals surface area contributed by atoms with E-state index in [1.165, 1.54) is 5.75 Å². The van der Waals surface area contributed by atoms with Crippen molar-refractivity contribution in [1.29, 1.82) is 0 Å². The van der Waals surface area contributed by atoms with Gasteiger partial charge in [-0.3, -0.25) is 0 Å². The van der Waals surface area contributed by atoms with Crippen LogP contribution >= 0.6 is 23.5 Å². The molecular weight excluding hydrogens is 298 g/mol. The van der Waals surface area contributed by atoms with E-state index in [2.05, 4.69) is 4.72 Å². The van der Waals surface area contributed by atoms with E-state index in [1.807, 2.05) is 43.4 Å². The van der Waals surface area contributed by atoms with E-state index in [-0.39, 0.29) is 0 Å². The van der Waals surface area contributed by atoms with Crippen LogP contribution in [-0.4, -0.2) is 37.5 Å². The van der Waals surface area contributed by atoms with E-state index in [0.29, 0.717) is 16.7 Å². The Hall–Kier alpha value is -0.170. The highest BCUT2D eigenvalue weighted by Gasteiger charge is 2.19. The van der Waals surface area contributed by atoms with E-state index in [1.54, 1.807) is 12.1 Å². The fraction of sp³-hybridized carbons (Fsp3) is 0.538. The lowest BCUT2D eigenvalue weighted by atomic mass is 10.1. The highest BCUT2D eigenvalue weighted by Crippen LogP contribution is 2.24. The van der Waals surface area contributed by atoms with Crippen molar-refractivity contribution in [3.63, 3.8) is 0 Å². The van der Waals surface area contributed by atoms with Crippen molar-refractivity contribution in [2.24, 2.45) is 0 Å². The monoisotopic (exact) mass is 317 g/mol. The molecule has 0 aliphatic carbocycles. The van der Waals surface area contributed by atoms with Crippen molar-refractivity contribution < 1.29 is 8.42 Å². The van der Waals surface area contributed by atoms with Crippen LogP contribution in [0.1, 0.15) is 11.1 Å². The lowest BCUT2D eigenvalue weighted by molar-refractivity contribution is 0.581. The maximum Gasteiger partial charge on any atom is 0.240 e. The molecule has 1 aliphatic heterocycles. The van der Waals surface area contributed by atoms with Crippen molar-refractivity contribution >= 4 is 33.5 Å². The first-order chi connectivity index (χ1) is 8.99. The molecule has 3 nitrogen and oxygen atoms in total. The Morgan fingerprint density at radius 3 is 2.68 bits per heavy atom. The van der Waals surface area contributed by atoms with E-state index in [0.717, 1.165) is 22.6 Å². The first-order valence-corrected chi connectivity index (χ1v) is 9.94. The number of thioether (sulfide) groups is 2. The van der Waals surface area contributed by atoms with Crippen LogP contribution in [0.2, 0.25) is 0 Å². The molecule has 1 saturated heterocycles. The molecule has 106 valence electrons. The average molecular weight is 318 g/mol. The van der Waals surface area contributed by atoms with Crippen LogP contribution in [0.15, 0.2) is 23.1 Å². The van der Waals surface area contributed by atoms with Crippen LogP contribution in [0, 0.1) is 13.8 Å². The van der Waals surface area contributed by atoms with Gasteiger partial charge in [-0.2, -0.15) is 23.5 Å². The van der Waals surface area contributed by atoms with Crippen molar-refractivity contribution in [3.05, 3.63) is 29.3 Å². The highest BCUT2D eigenvalue weighted by atomic mass is 32.2. The topological polar surface area (TPSA) is 46.2 Å². The van der Waals surface area contributed by atoms with E-state index < -0.39 is 10.0 Å². The summed E-state index contributed by atoms with van der Waals surface area (Å²) in [5, 5.41) is 0.389. The third kappa shape index (κ3) is 4.15. The molecule has 0 unspecified atom stereocenters. The summed E-state index contributed by atoms with van der Waals surface area (Å²) in [5.41, 5.74) is 2.11. The summed E-state index contributed by atoms with van der Waals surface area (Å²) in [6, 6.07) is 5.27. The molecule has 2 rings (SSSR count). The van der Waals surface area contributed by atoms with Crippen LogP contribution in [0.25, 0.3) is 0 Å². The Labute approximate surface area is 124 Å². The fourth-order valence-electron chi connectivity index (χ4n) is 1.82. The lowest BCUT2D eigenvalue weighted by Gasteiger charge is -2.21. The van der Waals surface area contributed by atoms with Crippen molar-refractivity contribution in [3.8, 4) is 0 Å². The Bertz CT molecular complexity index is 537. The highest BCUT2D eigenvalue weighted by molar-refractivity contribution is 8.06. The second-order valence-corrected chi connectivity index (χ2v) is 8.99. The number of sulfonamides is 1. The zero-order chi connectivity index (χ0) is 13.9. The molecule has 0 saturated carbocycles. The van der Waals surface area contributed by atoms with Gasteiger partial charge in [0.25, 0.3) is 0 Å². The average Bonchev–Trinajstić information content (AvgIpc) is 2.41. The van der Waals surface area contributed by atoms with Gasteiger partial charge >= 0.3 is 0 Å². The number of hydrogen-bond donors (Lipinski definition) is 1. The first kappa shape index (κ1) is 15.2. The van der Waals surface area contributed by atoms with Gasteiger partial charge in [-0.1, -0.05) is 6.07 Å². The Morgan fingerprint density at radius 2 is 2.05 bits per heavy atom. The van der Waals surface area contributed by atoms with E-state index in [4.69, 9.17) is 0 Å². The van der Waals surface area contributed by atoms with Gasteiger partial charge in [0.2, 0.25) is 10.0 Å². The van der Waals surface area contributed by atoms with Crippen LogP contribution in [-0.2, 0) is 10.0 Å². The standard InChI is InChI=1S/C13H19NO2S3/c1-10-3-4-13(7-11(10)2)19(15,16)14-8-12-9-17-5-6-18-12/h3-4,7,12,14H,5-6,8-9H2,1-2H3/t12-/m0/s1. The quantitative estimate of drug-likeness (QED) is 0.926. The summed E-state index contributed by atoms with van der Waals surface area (Å²) in [7, 11) is -3.37. The van der Waals surface area contributed by atoms with E-state index in [9.17, 15) is 8.42 Å². The molecule has 1 aromatic rings. The molecule has 1 fully saturated rings. The predicted octanol–water partition coefficient (Wildman–Crippen LogP) is 2.43. The minimum Gasteiger partial charge on any atom is -0.210 e. The van der Waals surface area contributed by atoms with Crippen LogP contribution in [0.3, 0.4) is 0 Å². The second kappa shape index (κ2) is 6.52. The summed E-state index contributed by atoms with van der Waals surface area (Å²) in [4.78, 5) is 0.365. The zero-order valence-electron chi connectivity index (χ0n) is 11.2. The van der Waals surface area contributed by atoms with Gasteiger partial charge < -0.3 is 0 Å². The molecule has 1 aliphatic rings. The maximum atomic E-state index is 12.2. The molecule has 1 atom stereocenters. The van der Waals surface area contributed by atoms with Crippen LogP contribution in [0.5, 0.6) is 0 Å². The van der Waals surface area contributed by atoms with Crippen molar-refractivity contribution in [1.82, 2.24) is 4.72 Å². The molecule has 1 heterocycles. The molecule has 1 N–H and O–H groups in total. The SMILES string of the molecule is Cc1ccc(S(=O)(=O)NC[C@H]2CSCCS2)cc1C. The van der Waals surface area contributed by atoms with Crippen molar-refractivity contribution in [2.45, 2.75) is 24.0 Å². The number of rotatable bonds is 4. The molecule has 0 aromatic heterocycles. The third-order valence-electron chi connectivity index (χ3n) is 3.17. The summed E-state index contributed by atoms with van der Waals surface area (Å²) in [6.45, 7) is 4.43. The summed E-state index contributed by atoms with van der Waals surface area (Å²) >= 11 is 3.76. The minimum atomic E-state index is -3.37. The van der Waals surface area contributed by atoms with Crippen molar-refractivity contribution in [2.75, 3.05) is 23.8 Å². The minimum absolute atomic E-state index is 0.365. The van der Waals surface area contributed by atoms with Gasteiger partial charge in [-0.25, -0.2) is 13.1 Å². The smallest absolute Gasteiger partial charge is 0.210 e.